The second-order valence-electron chi connectivity index (χ2n) is 7.05. The minimum Gasteiger partial charge on any atom is -0.633 e. The first-order chi connectivity index (χ1) is 10.1. The Morgan fingerprint density at radius 1 is 1.36 bits per heavy atom. The van der Waals surface area contributed by atoms with Crippen LogP contribution < -0.4 is 0 Å². The number of nitrogens with zero attached hydrogens (tertiary/aromatic N) is 1. The molecule has 2 fully saturated rings. The van der Waals surface area contributed by atoms with Gasteiger partial charge in [-0.25, -0.2) is 4.79 Å². The molecule has 0 spiro atoms. The van der Waals surface area contributed by atoms with E-state index in [2.05, 4.69) is 0 Å². The van der Waals surface area contributed by atoms with Crippen LogP contribution >= 0.6 is 0 Å². The Hall–Kier alpha value is -0.730. The van der Waals surface area contributed by atoms with Gasteiger partial charge in [0.1, 0.15) is 18.8 Å². The van der Waals surface area contributed by atoms with Crippen LogP contribution in [0.2, 0.25) is 0 Å². The Bertz CT molecular complexity index is 418. The van der Waals surface area contributed by atoms with E-state index in [0.29, 0.717) is 25.9 Å². The summed E-state index contributed by atoms with van der Waals surface area (Å²) in [7, 11) is 0. The normalized spacial score (nSPS) is 38.6. The Labute approximate surface area is 130 Å². The summed E-state index contributed by atoms with van der Waals surface area (Å²) in [4.78, 5) is 12.2. The summed E-state index contributed by atoms with van der Waals surface area (Å²) in [6.07, 6.45) is -0.852. The fourth-order valence-electron chi connectivity index (χ4n) is 3.87. The second kappa shape index (κ2) is 6.05. The standard InChI is InChI=1S/C15H27NO6/c1-9(2)15(20,10(3)17)14(19)22-8-11-4-6-16(21)7-5-12(18)13(11)16/h9-13,17-18,20H,4-8H2,1-3H3/t10-,11?,12+,13?,15+,16?/m0/s1. The topological polar surface area (TPSA) is 110 Å². The monoisotopic (exact) mass is 317 g/mol. The van der Waals surface area contributed by atoms with E-state index in [0.717, 1.165) is 0 Å². The Morgan fingerprint density at radius 2 is 1.95 bits per heavy atom. The molecule has 0 aromatic heterocycles. The van der Waals surface area contributed by atoms with Gasteiger partial charge < -0.3 is 29.9 Å². The van der Waals surface area contributed by atoms with Gasteiger partial charge in [-0.1, -0.05) is 13.8 Å². The second-order valence-corrected chi connectivity index (χ2v) is 7.05. The highest BCUT2D eigenvalue weighted by Gasteiger charge is 2.52. The lowest BCUT2D eigenvalue weighted by molar-refractivity contribution is -0.883. The van der Waals surface area contributed by atoms with E-state index in [1.54, 1.807) is 13.8 Å². The third-order valence-corrected chi connectivity index (χ3v) is 5.37. The van der Waals surface area contributed by atoms with Gasteiger partial charge in [0.25, 0.3) is 0 Å². The molecule has 2 saturated heterocycles. The number of hydrogen-bond donors (Lipinski definition) is 3. The number of quaternary nitrogens is 1. The minimum atomic E-state index is -1.96. The molecule has 22 heavy (non-hydrogen) atoms. The molecule has 0 bridgehead atoms. The minimum absolute atomic E-state index is 0.00937. The zero-order valence-corrected chi connectivity index (χ0v) is 13.4. The molecular formula is C15H27NO6. The van der Waals surface area contributed by atoms with Gasteiger partial charge in [0.15, 0.2) is 5.60 Å². The van der Waals surface area contributed by atoms with Crippen molar-refractivity contribution >= 4 is 5.97 Å². The average Bonchev–Trinajstić information content (AvgIpc) is 2.92. The van der Waals surface area contributed by atoms with Gasteiger partial charge in [0, 0.05) is 12.8 Å². The molecular weight excluding hydrogens is 290 g/mol. The number of carbonyl (C=O) groups excluding carboxylic acids is 1. The molecule has 0 amide bonds. The molecule has 2 rings (SSSR count). The quantitative estimate of drug-likeness (QED) is 0.367. The molecule has 7 heteroatoms. The molecule has 7 nitrogen and oxygen atoms in total. The number of hydrogen-bond acceptors (Lipinski definition) is 6. The molecule has 128 valence electrons. The number of esters is 1. The number of aliphatic hydroxyl groups is 3. The van der Waals surface area contributed by atoms with Crippen LogP contribution in [-0.2, 0) is 9.53 Å². The van der Waals surface area contributed by atoms with Crippen molar-refractivity contribution in [2.75, 3.05) is 19.7 Å². The Kier molecular flexibility index (Phi) is 4.85. The predicted octanol–water partition coefficient (Wildman–Crippen LogP) is -0.235. The van der Waals surface area contributed by atoms with Gasteiger partial charge >= 0.3 is 5.97 Å². The van der Waals surface area contributed by atoms with E-state index < -0.39 is 40.4 Å². The summed E-state index contributed by atoms with van der Waals surface area (Å²) in [6.45, 7) is 5.42. The lowest BCUT2D eigenvalue weighted by atomic mass is 9.85. The van der Waals surface area contributed by atoms with E-state index in [-0.39, 0.29) is 12.5 Å². The number of ether oxygens (including phenoxy) is 1. The van der Waals surface area contributed by atoms with Crippen molar-refractivity contribution in [1.82, 2.24) is 0 Å². The van der Waals surface area contributed by atoms with E-state index in [9.17, 15) is 25.3 Å². The smallest absolute Gasteiger partial charge is 0.341 e. The highest BCUT2D eigenvalue weighted by Crippen LogP contribution is 2.39. The summed E-state index contributed by atoms with van der Waals surface area (Å²) in [5.74, 6) is -1.58. The van der Waals surface area contributed by atoms with Crippen molar-refractivity contribution in [2.45, 2.75) is 57.5 Å². The molecule has 2 heterocycles. The van der Waals surface area contributed by atoms with Gasteiger partial charge in [0.05, 0.1) is 25.1 Å². The van der Waals surface area contributed by atoms with Crippen molar-refractivity contribution in [3.63, 3.8) is 0 Å². The van der Waals surface area contributed by atoms with Gasteiger partial charge in [0.2, 0.25) is 0 Å². The van der Waals surface area contributed by atoms with Crippen LogP contribution in [0, 0.1) is 17.0 Å². The fourth-order valence-corrected chi connectivity index (χ4v) is 3.87. The summed E-state index contributed by atoms with van der Waals surface area (Å²) in [6, 6.07) is -0.452. The van der Waals surface area contributed by atoms with Crippen LogP contribution in [0.15, 0.2) is 0 Å². The number of rotatable bonds is 5. The Morgan fingerprint density at radius 3 is 2.50 bits per heavy atom. The number of fused-ring (bicyclic) bond motifs is 1. The number of hydroxylamine groups is 3. The van der Waals surface area contributed by atoms with Crippen LogP contribution in [0.1, 0.15) is 33.6 Å². The van der Waals surface area contributed by atoms with Crippen molar-refractivity contribution in [2.24, 2.45) is 11.8 Å². The van der Waals surface area contributed by atoms with Crippen LogP contribution in [0.25, 0.3) is 0 Å². The molecule has 0 aromatic rings. The van der Waals surface area contributed by atoms with Crippen molar-refractivity contribution in [1.29, 1.82) is 0 Å². The molecule has 2 aliphatic heterocycles. The van der Waals surface area contributed by atoms with Crippen molar-refractivity contribution in [3.8, 4) is 0 Å². The number of aliphatic hydroxyl groups excluding tert-OH is 2. The highest BCUT2D eigenvalue weighted by atomic mass is 16.6. The average molecular weight is 317 g/mol. The van der Waals surface area contributed by atoms with Gasteiger partial charge in [-0.15, -0.1) is 0 Å². The first-order valence-corrected chi connectivity index (χ1v) is 7.96. The first-order valence-electron chi connectivity index (χ1n) is 7.96. The molecule has 0 radical (unpaired) electrons. The van der Waals surface area contributed by atoms with Gasteiger partial charge in [-0.05, 0) is 12.8 Å². The third-order valence-electron chi connectivity index (χ3n) is 5.37. The van der Waals surface area contributed by atoms with Crippen LogP contribution in [-0.4, -0.2) is 69.5 Å². The first kappa shape index (κ1) is 17.6. The summed E-state index contributed by atoms with van der Waals surface area (Å²) < 4.78 is 4.80. The van der Waals surface area contributed by atoms with Gasteiger partial charge in [-0.3, -0.25) is 0 Å². The van der Waals surface area contributed by atoms with E-state index in [1.165, 1.54) is 6.92 Å². The van der Waals surface area contributed by atoms with Crippen LogP contribution in [0.3, 0.4) is 0 Å². The highest BCUT2D eigenvalue weighted by molar-refractivity contribution is 5.80. The zero-order chi connectivity index (χ0) is 16.7. The summed E-state index contributed by atoms with van der Waals surface area (Å²) >= 11 is 0. The molecule has 0 saturated carbocycles. The van der Waals surface area contributed by atoms with E-state index in [1.807, 2.05) is 0 Å². The van der Waals surface area contributed by atoms with E-state index in [4.69, 9.17) is 4.74 Å². The molecule has 3 N–H and O–H groups in total. The molecule has 0 aromatic carbocycles. The zero-order valence-electron chi connectivity index (χ0n) is 13.4. The maximum absolute atomic E-state index is 12.5. The van der Waals surface area contributed by atoms with Gasteiger partial charge in [-0.2, -0.15) is 0 Å². The fraction of sp³-hybridized carbons (Fsp3) is 0.933. The summed E-state index contributed by atoms with van der Waals surface area (Å²) in [5.41, 5.74) is -1.96. The van der Waals surface area contributed by atoms with E-state index >= 15 is 0 Å². The van der Waals surface area contributed by atoms with Crippen LogP contribution in [0.5, 0.6) is 0 Å². The molecule has 3 unspecified atom stereocenters. The third kappa shape index (κ3) is 2.76. The predicted molar refractivity (Wildman–Crippen MR) is 78.3 cm³/mol. The van der Waals surface area contributed by atoms with Crippen LogP contribution in [0.4, 0.5) is 0 Å². The lowest BCUT2D eigenvalue weighted by Crippen LogP contribution is -2.54. The SMILES string of the molecule is CC(C)[C@](O)(C(=O)OCC1CC[N+]2([O-])CC[C@@H](O)C12)[C@H](C)O. The van der Waals surface area contributed by atoms with Crippen molar-refractivity contribution in [3.05, 3.63) is 5.21 Å². The molecule has 2 aliphatic rings. The van der Waals surface area contributed by atoms with Crippen molar-refractivity contribution < 1.29 is 29.5 Å². The number of carbonyl (C=O) groups is 1. The largest absolute Gasteiger partial charge is 0.633 e. The summed E-state index contributed by atoms with van der Waals surface area (Å²) in [5, 5.41) is 42.5. The molecule has 0 aliphatic carbocycles. The Balaban J connectivity index is 2.00. The molecule has 6 atom stereocenters. The maximum atomic E-state index is 12.5. The maximum Gasteiger partial charge on any atom is 0.341 e. The lowest BCUT2D eigenvalue weighted by Gasteiger charge is -2.40.